The summed E-state index contributed by atoms with van der Waals surface area (Å²) in [6.07, 6.45) is 1.88. The van der Waals surface area contributed by atoms with Crippen LogP contribution in [0.3, 0.4) is 0 Å². The van der Waals surface area contributed by atoms with Gasteiger partial charge in [-0.2, -0.15) is 0 Å². The van der Waals surface area contributed by atoms with E-state index >= 15 is 0 Å². The van der Waals surface area contributed by atoms with Crippen LogP contribution >= 0.6 is 23.2 Å². The van der Waals surface area contributed by atoms with E-state index in [0.717, 1.165) is 23.0 Å². The molecule has 4 rings (SSSR count). The van der Waals surface area contributed by atoms with Crippen molar-refractivity contribution in [3.63, 3.8) is 0 Å². The molecular formula is C20H17Cl2N3O3. The Kier molecular flexibility index (Phi) is 4.77. The van der Waals surface area contributed by atoms with Crippen molar-refractivity contribution in [2.45, 2.75) is 32.4 Å². The van der Waals surface area contributed by atoms with Crippen LogP contribution < -0.4 is 16.6 Å². The standard InChI is InChI=1S/C20H17Cl2N3O3/c1-11-2-6-14(9-16(11)22)25-19(27)15-7-3-12(21)8-17(15)24(20(25)28)10-18(26)23-13-4-5-13/h2-3,6-9,13H,4-5,10H2,1H3,(H,23,26). The number of hydrogen-bond donors (Lipinski definition) is 1. The molecule has 28 heavy (non-hydrogen) atoms. The van der Waals surface area contributed by atoms with E-state index in [0.29, 0.717) is 26.6 Å². The Bertz CT molecular complexity index is 1230. The molecule has 1 heterocycles. The van der Waals surface area contributed by atoms with Crippen LogP contribution in [0.4, 0.5) is 0 Å². The summed E-state index contributed by atoms with van der Waals surface area (Å²) >= 11 is 12.3. The van der Waals surface area contributed by atoms with Crippen LogP contribution in [-0.2, 0) is 11.3 Å². The number of nitrogens with one attached hydrogen (secondary N) is 1. The molecular weight excluding hydrogens is 401 g/mol. The maximum atomic E-state index is 13.2. The zero-order valence-corrected chi connectivity index (χ0v) is 16.5. The number of fused-ring (bicyclic) bond motifs is 1. The molecule has 0 atom stereocenters. The van der Waals surface area contributed by atoms with E-state index in [4.69, 9.17) is 23.2 Å². The second-order valence-electron chi connectivity index (χ2n) is 6.95. The van der Waals surface area contributed by atoms with Crippen molar-refractivity contribution >= 4 is 40.0 Å². The highest BCUT2D eigenvalue weighted by Gasteiger charge is 2.24. The lowest BCUT2D eigenvalue weighted by Gasteiger charge is -2.15. The molecule has 1 amide bonds. The molecule has 0 radical (unpaired) electrons. The number of nitrogens with zero attached hydrogens (tertiary/aromatic N) is 2. The molecule has 144 valence electrons. The summed E-state index contributed by atoms with van der Waals surface area (Å²) < 4.78 is 2.31. The lowest BCUT2D eigenvalue weighted by atomic mass is 10.2. The van der Waals surface area contributed by atoms with Crippen LogP contribution in [0.25, 0.3) is 16.6 Å². The van der Waals surface area contributed by atoms with Crippen LogP contribution in [0, 0.1) is 6.92 Å². The van der Waals surface area contributed by atoms with Crippen molar-refractivity contribution < 1.29 is 4.79 Å². The molecule has 6 nitrogen and oxygen atoms in total. The van der Waals surface area contributed by atoms with Gasteiger partial charge in [0, 0.05) is 16.1 Å². The number of rotatable bonds is 4. The van der Waals surface area contributed by atoms with Gasteiger partial charge in [0.2, 0.25) is 5.91 Å². The fourth-order valence-electron chi connectivity index (χ4n) is 3.09. The van der Waals surface area contributed by atoms with Crippen molar-refractivity contribution in [3.05, 3.63) is 72.8 Å². The highest BCUT2D eigenvalue weighted by molar-refractivity contribution is 6.31. The van der Waals surface area contributed by atoms with E-state index in [-0.39, 0.29) is 18.5 Å². The third-order valence-electron chi connectivity index (χ3n) is 4.76. The summed E-state index contributed by atoms with van der Waals surface area (Å²) in [6.45, 7) is 1.63. The average molecular weight is 418 g/mol. The highest BCUT2D eigenvalue weighted by atomic mass is 35.5. The van der Waals surface area contributed by atoms with Crippen molar-refractivity contribution in [2.75, 3.05) is 0 Å². The van der Waals surface area contributed by atoms with E-state index in [1.165, 1.54) is 10.6 Å². The van der Waals surface area contributed by atoms with Gasteiger partial charge in [0.25, 0.3) is 5.56 Å². The van der Waals surface area contributed by atoms with Gasteiger partial charge in [-0.3, -0.25) is 14.2 Å². The van der Waals surface area contributed by atoms with E-state index in [1.54, 1.807) is 30.3 Å². The van der Waals surface area contributed by atoms with Crippen molar-refractivity contribution in [1.29, 1.82) is 0 Å². The second-order valence-corrected chi connectivity index (χ2v) is 7.79. The number of carbonyl (C=O) groups excluding carboxylic acids is 1. The smallest absolute Gasteiger partial charge is 0.336 e. The molecule has 0 saturated heterocycles. The molecule has 0 bridgehead atoms. The number of benzene rings is 2. The summed E-state index contributed by atoms with van der Waals surface area (Å²) in [7, 11) is 0. The predicted octanol–water partition coefficient (Wildman–Crippen LogP) is 3.05. The fourth-order valence-corrected chi connectivity index (χ4v) is 3.43. The van der Waals surface area contributed by atoms with Gasteiger partial charge < -0.3 is 5.32 Å². The number of hydrogen-bond acceptors (Lipinski definition) is 3. The Morgan fingerprint density at radius 1 is 1.14 bits per heavy atom. The Labute approximate surface area is 170 Å². The third kappa shape index (κ3) is 3.45. The lowest BCUT2D eigenvalue weighted by Crippen LogP contribution is -2.42. The zero-order valence-electron chi connectivity index (χ0n) is 15.0. The predicted molar refractivity (Wildman–Crippen MR) is 110 cm³/mol. The molecule has 3 aromatic rings. The minimum Gasteiger partial charge on any atom is -0.352 e. The van der Waals surface area contributed by atoms with Crippen LogP contribution in [-0.4, -0.2) is 21.1 Å². The van der Waals surface area contributed by atoms with Crippen LogP contribution in [0.5, 0.6) is 0 Å². The van der Waals surface area contributed by atoms with Gasteiger partial charge >= 0.3 is 5.69 Å². The molecule has 0 spiro atoms. The highest BCUT2D eigenvalue weighted by Crippen LogP contribution is 2.21. The monoisotopic (exact) mass is 417 g/mol. The van der Waals surface area contributed by atoms with Gasteiger partial charge in [0.05, 0.1) is 16.6 Å². The summed E-state index contributed by atoms with van der Waals surface area (Å²) in [5, 5.41) is 3.97. The molecule has 8 heteroatoms. The average Bonchev–Trinajstić information content (AvgIpc) is 3.45. The molecule has 0 aliphatic heterocycles. The SMILES string of the molecule is Cc1ccc(-n2c(=O)c3ccc(Cl)cc3n(CC(=O)NC3CC3)c2=O)cc1Cl. The first-order chi connectivity index (χ1) is 13.3. The summed E-state index contributed by atoms with van der Waals surface area (Å²) in [6, 6.07) is 9.78. The maximum Gasteiger partial charge on any atom is 0.336 e. The molecule has 0 unspecified atom stereocenters. The largest absolute Gasteiger partial charge is 0.352 e. The van der Waals surface area contributed by atoms with Gasteiger partial charge in [-0.1, -0.05) is 29.3 Å². The number of aromatic nitrogens is 2. The van der Waals surface area contributed by atoms with Crippen LogP contribution in [0.1, 0.15) is 18.4 Å². The van der Waals surface area contributed by atoms with E-state index in [1.807, 2.05) is 6.92 Å². The topological polar surface area (TPSA) is 73.1 Å². The molecule has 1 saturated carbocycles. The van der Waals surface area contributed by atoms with Gasteiger partial charge in [-0.25, -0.2) is 9.36 Å². The van der Waals surface area contributed by atoms with Crippen molar-refractivity contribution in [1.82, 2.24) is 14.5 Å². The van der Waals surface area contributed by atoms with Gasteiger partial charge in [-0.15, -0.1) is 0 Å². The maximum absolute atomic E-state index is 13.2. The summed E-state index contributed by atoms with van der Waals surface area (Å²) in [5.41, 5.74) is 0.387. The summed E-state index contributed by atoms with van der Waals surface area (Å²) in [5.74, 6) is -0.280. The normalized spacial score (nSPS) is 13.7. The number of carbonyl (C=O) groups is 1. The molecule has 1 N–H and O–H groups in total. The van der Waals surface area contributed by atoms with E-state index < -0.39 is 11.2 Å². The van der Waals surface area contributed by atoms with Gasteiger partial charge in [-0.05, 0) is 55.7 Å². The summed E-state index contributed by atoms with van der Waals surface area (Å²) in [4.78, 5) is 38.6. The molecule has 1 aromatic heterocycles. The number of aryl methyl sites for hydroxylation is 1. The molecule has 1 aliphatic rings. The number of halogens is 2. The first kappa shape index (κ1) is 18.8. The lowest BCUT2D eigenvalue weighted by molar-refractivity contribution is -0.121. The van der Waals surface area contributed by atoms with Crippen LogP contribution in [0.2, 0.25) is 10.0 Å². The fraction of sp³-hybridized carbons (Fsp3) is 0.250. The minimum atomic E-state index is -0.620. The molecule has 1 fully saturated rings. The van der Waals surface area contributed by atoms with Crippen molar-refractivity contribution in [3.8, 4) is 5.69 Å². The zero-order chi connectivity index (χ0) is 20.0. The molecule has 1 aliphatic carbocycles. The Morgan fingerprint density at radius 2 is 1.89 bits per heavy atom. The Balaban J connectivity index is 1.96. The third-order valence-corrected chi connectivity index (χ3v) is 5.41. The molecule has 2 aromatic carbocycles. The van der Waals surface area contributed by atoms with E-state index in [9.17, 15) is 14.4 Å². The second kappa shape index (κ2) is 7.11. The minimum absolute atomic E-state index is 0.167. The van der Waals surface area contributed by atoms with E-state index in [2.05, 4.69) is 5.32 Å². The van der Waals surface area contributed by atoms with Crippen molar-refractivity contribution in [2.24, 2.45) is 0 Å². The first-order valence-electron chi connectivity index (χ1n) is 8.86. The Morgan fingerprint density at radius 3 is 2.57 bits per heavy atom. The van der Waals surface area contributed by atoms with Crippen LogP contribution in [0.15, 0.2) is 46.0 Å². The Hall–Kier alpha value is -2.57. The number of amides is 1. The van der Waals surface area contributed by atoms with Gasteiger partial charge in [0.15, 0.2) is 0 Å². The quantitative estimate of drug-likeness (QED) is 0.708. The van der Waals surface area contributed by atoms with Gasteiger partial charge in [0.1, 0.15) is 6.54 Å². The first-order valence-corrected chi connectivity index (χ1v) is 9.62.